The van der Waals surface area contributed by atoms with Crippen molar-refractivity contribution in [3.8, 4) is 5.88 Å². The molecule has 0 spiro atoms. The molecule has 2 aromatic rings. The summed E-state index contributed by atoms with van der Waals surface area (Å²) in [5.41, 5.74) is 5.09. The summed E-state index contributed by atoms with van der Waals surface area (Å²) in [6.45, 7) is 5.96. The highest BCUT2D eigenvalue weighted by atomic mass is 79.9. The lowest BCUT2D eigenvalue weighted by molar-refractivity contribution is -0.192. The summed E-state index contributed by atoms with van der Waals surface area (Å²) >= 11 is 3.25. The maximum Gasteiger partial charge on any atom is 0.490 e. The van der Waals surface area contributed by atoms with Crippen molar-refractivity contribution in [1.82, 2.24) is 14.5 Å². The first kappa shape index (κ1) is 31.0. The molecule has 1 saturated heterocycles. The molecule has 0 saturated carbocycles. The van der Waals surface area contributed by atoms with Gasteiger partial charge < -0.3 is 20.5 Å². The molecule has 3 N–H and O–H groups in total. The van der Waals surface area contributed by atoms with Crippen LogP contribution in [0, 0.1) is 11.6 Å². The molecule has 210 valence electrons. The number of amides is 1. The minimum atomic E-state index is -5.08. The Morgan fingerprint density at radius 2 is 1.76 bits per heavy atom. The lowest BCUT2D eigenvalue weighted by Gasteiger charge is -2.36. The average Bonchev–Trinajstić information content (AvgIpc) is 2.80. The molecule has 1 aromatic heterocycles. The van der Waals surface area contributed by atoms with Crippen LogP contribution in [0.3, 0.4) is 0 Å². The molecule has 2 heterocycles. The molecular weight excluding hydrogens is 589 g/mol. The number of rotatable bonds is 7. The van der Waals surface area contributed by atoms with Crippen LogP contribution < -0.4 is 20.9 Å². The molecule has 0 unspecified atom stereocenters. The lowest BCUT2D eigenvalue weighted by Crippen LogP contribution is -2.50. The van der Waals surface area contributed by atoms with Crippen molar-refractivity contribution in [2.24, 2.45) is 5.73 Å². The first-order valence-electron chi connectivity index (χ1n) is 11.1. The number of nitrogens with two attached hydrogens (primary N) is 1. The third-order valence-corrected chi connectivity index (χ3v) is 5.86. The van der Waals surface area contributed by atoms with Gasteiger partial charge in [-0.3, -0.25) is 19.1 Å². The van der Waals surface area contributed by atoms with Crippen LogP contribution in [0.4, 0.5) is 27.9 Å². The molecule has 10 nitrogen and oxygen atoms in total. The van der Waals surface area contributed by atoms with Gasteiger partial charge in [0.2, 0.25) is 17.7 Å². The number of aliphatic carboxylic acids is 1. The Balaban J connectivity index is 0.000000638. The van der Waals surface area contributed by atoms with Crippen molar-refractivity contribution in [2.45, 2.75) is 32.7 Å². The van der Waals surface area contributed by atoms with E-state index in [0.29, 0.717) is 32.1 Å². The fourth-order valence-corrected chi connectivity index (χ4v) is 3.77. The van der Waals surface area contributed by atoms with Gasteiger partial charge in [-0.05, 0) is 41.9 Å². The van der Waals surface area contributed by atoms with E-state index < -0.39 is 29.7 Å². The molecule has 0 radical (unpaired) electrons. The number of hydrogen-bond acceptors (Lipinski definition) is 7. The molecule has 0 atom stereocenters. The Morgan fingerprint density at radius 3 is 2.24 bits per heavy atom. The topological polar surface area (TPSA) is 131 Å². The number of primary amides is 1. The lowest BCUT2D eigenvalue weighted by atomic mass is 10.2. The van der Waals surface area contributed by atoms with Crippen molar-refractivity contribution in [2.75, 3.05) is 37.6 Å². The summed E-state index contributed by atoms with van der Waals surface area (Å²) in [7, 11) is 0. The minimum Gasteiger partial charge on any atom is -0.475 e. The number of anilines is 1. The van der Waals surface area contributed by atoms with Crippen LogP contribution in [-0.2, 0) is 16.2 Å². The normalized spacial score (nSPS) is 14.2. The van der Waals surface area contributed by atoms with Crippen molar-refractivity contribution in [3.63, 3.8) is 0 Å². The summed E-state index contributed by atoms with van der Waals surface area (Å²) in [5, 5.41) is 7.12. The van der Waals surface area contributed by atoms with E-state index in [4.69, 9.17) is 20.4 Å². The van der Waals surface area contributed by atoms with Gasteiger partial charge in [0.25, 0.3) is 5.56 Å². The number of alkyl halides is 3. The number of nitrogens with zero attached hydrogens (tertiary/aromatic N) is 4. The first-order valence-corrected chi connectivity index (χ1v) is 11.9. The van der Waals surface area contributed by atoms with Crippen LogP contribution >= 0.6 is 15.9 Å². The number of ether oxygens (including phenoxy) is 1. The van der Waals surface area contributed by atoms with Crippen LogP contribution in [0.25, 0.3) is 0 Å². The van der Waals surface area contributed by atoms with E-state index in [-0.39, 0.29) is 40.7 Å². The maximum atomic E-state index is 13.9. The quantitative estimate of drug-likeness (QED) is 0.456. The van der Waals surface area contributed by atoms with Crippen LogP contribution in [0.2, 0.25) is 0 Å². The molecule has 1 aliphatic rings. The minimum absolute atomic E-state index is 0.0280. The number of benzene rings is 1. The van der Waals surface area contributed by atoms with E-state index in [1.807, 2.05) is 23.6 Å². The number of carbonyl (C=O) groups is 2. The van der Waals surface area contributed by atoms with E-state index in [1.165, 1.54) is 6.07 Å². The zero-order valence-electron chi connectivity index (χ0n) is 20.3. The average molecular weight is 614 g/mol. The van der Waals surface area contributed by atoms with E-state index >= 15 is 0 Å². The van der Waals surface area contributed by atoms with Crippen molar-refractivity contribution < 1.29 is 41.4 Å². The number of carbonyl (C=O) groups excluding carboxylic acids is 1. The summed E-state index contributed by atoms with van der Waals surface area (Å²) in [5.74, 6) is -4.11. The molecule has 1 fully saturated rings. The van der Waals surface area contributed by atoms with Crippen LogP contribution in [-0.4, -0.2) is 70.3 Å². The number of carboxylic acids is 1. The Morgan fingerprint density at radius 1 is 1.18 bits per heavy atom. The van der Waals surface area contributed by atoms with Gasteiger partial charge in [0.05, 0.1) is 6.54 Å². The second-order valence-corrected chi connectivity index (χ2v) is 9.15. The predicted octanol–water partition coefficient (Wildman–Crippen LogP) is 2.68. The largest absolute Gasteiger partial charge is 0.490 e. The second-order valence-electron chi connectivity index (χ2n) is 8.36. The van der Waals surface area contributed by atoms with E-state index in [9.17, 15) is 31.5 Å². The molecular formula is C22H25BrF5N5O5. The first-order chi connectivity index (χ1) is 17.6. The van der Waals surface area contributed by atoms with Gasteiger partial charge in [-0.2, -0.15) is 18.2 Å². The maximum absolute atomic E-state index is 13.9. The fraction of sp³-hybridized carbons (Fsp3) is 0.455. The molecule has 16 heteroatoms. The van der Waals surface area contributed by atoms with Crippen molar-refractivity contribution >= 4 is 33.8 Å². The molecule has 3 rings (SSSR count). The van der Waals surface area contributed by atoms with Gasteiger partial charge in [0, 0.05) is 43.9 Å². The molecule has 1 aliphatic heterocycles. The number of hydrogen-bond donors (Lipinski definition) is 2. The van der Waals surface area contributed by atoms with Crippen LogP contribution in [0.5, 0.6) is 5.88 Å². The van der Waals surface area contributed by atoms with Gasteiger partial charge in [-0.15, -0.1) is 0 Å². The van der Waals surface area contributed by atoms with Crippen LogP contribution in [0.15, 0.2) is 27.5 Å². The highest BCUT2D eigenvalue weighted by Gasteiger charge is 2.38. The smallest absolute Gasteiger partial charge is 0.475 e. The number of halogens is 6. The molecule has 0 aliphatic carbocycles. The third kappa shape index (κ3) is 8.37. The Bertz CT molecular complexity index is 1220. The summed E-state index contributed by atoms with van der Waals surface area (Å²) in [4.78, 5) is 41.5. The van der Waals surface area contributed by atoms with Gasteiger partial charge in [-0.1, -0.05) is 0 Å². The van der Waals surface area contributed by atoms with Gasteiger partial charge >= 0.3 is 12.1 Å². The standard InChI is InChI=1S/C20H24BrF2N5O3.C2HF3O2/c1-12(2)28-19(30)17(21)18(31-11-13-3-4-14(22)9-15(13)23)25-20(28)27-7-5-26(6-8-27)10-16(24)29;3-2(4,5)1(6)7/h3-4,9,12H,5-8,10-11H2,1-2H3,(H2,24,29);(H,6,7). The number of aromatic nitrogens is 2. The second kappa shape index (κ2) is 13.0. The van der Waals surface area contributed by atoms with Crippen LogP contribution in [0.1, 0.15) is 25.5 Å². The van der Waals surface area contributed by atoms with Gasteiger partial charge in [-0.25, -0.2) is 13.6 Å². The van der Waals surface area contributed by atoms with E-state index in [1.54, 1.807) is 4.57 Å². The van der Waals surface area contributed by atoms with Crippen molar-refractivity contribution in [3.05, 3.63) is 50.2 Å². The molecule has 1 aromatic carbocycles. The monoisotopic (exact) mass is 613 g/mol. The van der Waals surface area contributed by atoms with E-state index in [2.05, 4.69) is 20.9 Å². The number of carboxylic acid groups (broad SMARTS) is 1. The summed E-state index contributed by atoms with van der Waals surface area (Å²) in [6, 6.07) is 3.03. The third-order valence-electron chi connectivity index (χ3n) is 5.18. The predicted molar refractivity (Wildman–Crippen MR) is 129 cm³/mol. The van der Waals surface area contributed by atoms with Crippen molar-refractivity contribution in [1.29, 1.82) is 0 Å². The number of piperazine rings is 1. The molecule has 38 heavy (non-hydrogen) atoms. The van der Waals surface area contributed by atoms with E-state index in [0.717, 1.165) is 12.1 Å². The highest BCUT2D eigenvalue weighted by molar-refractivity contribution is 9.10. The Kier molecular flexibility index (Phi) is 10.6. The zero-order chi connectivity index (χ0) is 28.8. The Labute approximate surface area is 221 Å². The summed E-state index contributed by atoms with van der Waals surface area (Å²) in [6.07, 6.45) is -5.08. The molecule has 0 bridgehead atoms. The highest BCUT2D eigenvalue weighted by Crippen LogP contribution is 2.26. The van der Waals surface area contributed by atoms with Gasteiger partial charge in [0.1, 0.15) is 22.7 Å². The fourth-order valence-electron chi connectivity index (χ4n) is 3.38. The zero-order valence-corrected chi connectivity index (χ0v) is 21.9. The van der Waals surface area contributed by atoms with Gasteiger partial charge in [0.15, 0.2) is 0 Å². The SMILES string of the molecule is CC(C)n1c(N2CCN(CC(N)=O)CC2)nc(OCc2ccc(F)cc2F)c(Br)c1=O.O=C(O)C(F)(F)F. The Hall–Kier alpha value is -3.27. The molecule has 1 amide bonds. The summed E-state index contributed by atoms with van der Waals surface area (Å²) < 4.78 is 66.1.